The number of amides is 4. The van der Waals surface area contributed by atoms with Crippen LogP contribution in [0.1, 0.15) is 55.4 Å². The lowest BCUT2D eigenvalue weighted by molar-refractivity contribution is -0.133. The number of hydrogen-bond acceptors (Lipinski definition) is 7. The Morgan fingerprint density at radius 2 is 1.31 bits per heavy atom. The molecule has 10 nitrogen and oxygen atoms in total. The molecule has 32 heavy (non-hydrogen) atoms. The first-order valence-corrected chi connectivity index (χ1v) is 11.4. The standard InChI is InChI=1S/C21H38N4O6S/c1-11(2)15(18(28)22-9)25-19(29)16(12(3)4)24-17(27)14(32-13(5)26)10-23-20(30)31-21(6,7)8/h11-12,14-16H,10H2,1-9H3,(H,22,28)(H,23,30)(H,24,27)(H,25,29)/t14?,15-,16-/m0/s1. The zero-order valence-corrected chi connectivity index (χ0v) is 21.3. The molecule has 0 bridgehead atoms. The fourth-order valence-electron chi connectivity index (χ4n) is 2.59. The molecule has 0 rings (SSSR count). The fourth-order valence-corrected chi connectivity index (χ4v) is 3.34. The van der Waals surface area contributed by atoms with Gasteiger partial charge in [0.05, 0.1) is 0 Å². The van der Waals surface area contributed by atoms with Crippen molar-refractivity contribution in [1.29, 1.82) is 0 Å². The first-order valence-electron chi connectivity index (χ1n) is 10.5. The van der Waals surface area contributed by atoms with Gasteiger partial charge in [-0.05, 0) is 32.6 Å². The maximum absolute atomic E-state index is 12.9. The topological polar surface area (TPSA) is 143 Å². The van der Waals surface area contributed by atoms with Crippen LogP contribution in [-0.2, 0) is 23.9 Å². The van der Waals surface area contributed by atoms with E-state index in [4.69, 9.17) is 4.74 Å². The smallest absolute Gasteiger partial charge is 0.407 e. The molecule has 0 aliphatic rings. The van der Waals surface area contributed by atoms with Gasteiger partial charge in [0.2, 0.25) is 17.7 Å². The molecule has 0 saturated heterocycles. The average molecular weight is 475 g/mol. The normalized spacial score (nSPS) is 14.2. The summed E-state index contributed by atoms with van der Waals surface area (Å²) in [5, 5.41) is 9.03. The minimum Gasteiger partial charge on any atom is -0.444 e. The number of carbonyl (C=O) groups is 5. The predicted octanol–water partition coefficient (Wildman–Crippen LogP) is 1.19. The number of carbonyl (C=O) groups excluding carboxylic acids is 5. The van der Waals surface area contributed by atoms with Crippen molar-refractivity contribution in [3.63, 3.8) is 0 Å². The van der Waals surface area contributed by atoms with Crippen molar-refractivity contribution < 1.29 is 28.7 Å². The molecule has 0 radical (unpaired) electrons. The second kappa shape index (κ2) is 13.3. The Hall–Kier alpha value is -2.30. The van der Waals surface area contributed by atoms with Crippen LogP contribution in [0.25, 0.3) is 0 Å². The number of nitrogens with one attached hydrogen (secondary N) is 4. The monoisotopic (exact) mass is 474 g/mol. The molecule has 0 aromatic heterocycles. The van der Waals surface area contributed by atoms with Gasteiger partial charge in [0, 0.05) is 20.5 Å². The SMILES string of the molecule is CNC(=O)[C@@H](NC(=O)[C@@H](NC(=O)C(CNC(=O)OC(C)(C)C)SC(C)=O)C(C)C)C(C)C. The lowest BCUT2D eigenvalue weighted by atomic mass is 9.99. The summed E-state index contributed by atoms with van der Waals surface area (Å²) in [6.45, 7) is 13.4. The zero-order valence-electron chi connectivity index (χ0n) is 20.5. The van der Waals surface area contributed by atoms with Crippen LogP contribution in [0.4, 0.5) is 4.79 Å². The molecular formula is C21H38N4O6S. The van der Waals surface area contributed by atoms with Crippen molar-refractivity contribution in [1.82, 2.24) is 21.3 Å². The molecule has 4 N–H and O–H groups in total. The molecule has 0 saturated carbocycles. The first-order chi connectivity index (χ1) is 14.6. The molecule has 0 aromatic rings. The van der Waals surface area contributed by atoms with E-state index >= 15 is 0 Å². The summed E-state index contributed by atoms with van der Waals surface area (Å²) in [6, 6.07) is -1.70. The van der Waals surface area contributed by atoms with Gasteiger partial charge in [0.25, 0.3) is 0 Å². The van der Waals surface area contributed by atoms with E-state index in [0.29, 0.717) is 0 Å². The highest BCUT2D eigenvalue weighted by atomic mass is 32.2. The van der Waals surface area contributed by atoms with Gasteiger partial charge in [-0.1, -0.05) is 39.5 Å². The van der Waals surface area contributed by atoms with E-state index in [1.54, 1.807) is 48.5 Å². The van der Waals surface area contributed by atoms with E-state index in [1.807, 2.05) is 0 Å². The molecule has 184 valence electrons. The maximum Gasteiger partial charge on any atom is 0.407 e. The van der Waals surface area contributed by atoms with Crippen LogP contribution in [-0.4, -0.2) is 65.5 Å². The Kier molecular flexibility index (Phi) is 12.3. The summed E-state index contributed by atoms with van der Waals surface area (Å²) >= 11 is 0.743. The second-order valence-electron chi connectivity index (χ2n) is 9.06. The Morgan fingerprint density at radius 3 is 1.72 bits per heavy atom. The van der Waals surface area contributed by atoms with E-state index in [0.717, 1.165) is 11.8 Å². The van der Waals surface area contributed by atoms with E-state index in [2.05, 4.69) is 21.3 Å². The van der Waals surface area contributed by atoms with Gasteiger partial charge in [-0.3, -0.25) is 19.2 Å². The van der Waals surface area contributed by atoms with E-state index in [1.165, 1.54) is 14.0 Å². The third-order valence-electron chi connectivity index (χ3n) is 4.17. The van der Waals surface area contributed by atoms with Crippen LogP contribution in [0.15, 0.2) is 0 Å². The van der Waals surface area contributed by atoms with Crippen molar-refractivity contribution in [2.24, 2.45) is 11.8 Å². The van der Waals surface area contributed by atoms with Crippen molar-refractivity contribution in [2.75, 3.05) is 13.6 Å². The third kappa shape index (κ3) is 11.4. The molecular weight excluding hydrogens is 436 g/mol. The molecule has 11 heteroatoms. The van der Waals surface area contributed by atoms with Crippen LogP contribution in [0.3, 0.4) is 0 Å². The molecule has 1 unspecified atom stereocenters. The number of rotatable bonds is 10. The lowest BCUT2D eigenvalue weighted by Gasteiger charge is -2.28. The van der Waals surface area contributed by atoms with Crippen molar-refractivity contribution in [3.8, 4) is 0 Å². The van der Waals surface area contributed by atoms with Crippen LogP contribution in [0, 0.1) is 11.8 Å². The predicted molar refractivity (Wildman–Crippen MR) is 124 cm³/mol. The highest BCUT2D eigenvalue weighted by Crippen LogP contribution is 2.14. The molecule has 0 aromatic carbocycles. The highest BCUT2D eigenvalue weighted by Gasteiger charge is 2.32. The number of hydrogen-bond donors (Lipinski definition) is 4. The Bertz CT molecular complexity index is 690. The number of thioether (sulfide) groups is 1. The largest absolute Gasteiger partial charge is 0.444 e. The molecule has 0 spiro atoms. The summed E-state index contributed by atoms with van der Waals surface area (Å²) in [5.74, 6) is -1.90. The third-order valence-corrected chi connectivity index (χ3v) is 5.17. The Labute approximate surface area is 194 Å². The van der Waals surface area contributed by atoms with Gasteiger partial charge in [-0.15, -0.1) is 0 Å². The van der Waals surface area contributed by atoms with Gasteiger partial charge in [-0.25, -0.2) is 4.79 Å². The van der Waals surface area contributed by atoms with E-state index < -0.39 is 40.8 Å². The molecule has 0 aliphatic carbocycles. The van der Waals surface area contributed by atoms with E-state index in [9.17, 15) is 24.0 Å². The van der Waals surface area contributed by atoms with Gasteiger partial charge >= 0.3 is 6.09 Å². The van der Waals surface area contributed by atoms with Gasteiger partial charge < -0.3 is 26.0 Å². The minimum absolute atomic E-state index is 0.162. The lowest BCUT2D eigenvalue weighted by Crippen LogP contribution is -2.58. The summed E-state index contributed by atoms with van der Waals surface area (Å²) in [4.78, 5) is 61.4. The van der Waals surface area contributed by atoms with Crippen LogP contribution >= 0.6 is 11.8 Å². The number of alkyl carbamates (subject to hydrolysis) is 1. The van der Waals surface area contributed by atoms with Crippen molar-refractivity contribution >= 4 is 40.7 Å². The van der Waals surface area contributed by atoms with Gasteiger partial charge in [-0.2, -0.15) is 0 Å². The molecule has 0 aliphatic heterocycles. The van der Waals surface area contributed by atoms with E-state index in [-0.39, 0.29) is 29.4 Å². The van der Waals surface area contributed by atoms with Crippen LogP contribution < -0.4 is 21.3 Å². The highest BCUT2D eigenvalue weighted by molar-refractivity contribution is 8.14. The van der Waals surface area contributed by atoms with Crippen LogP contribution in [0.5, 0.6) is 0 Å². The number of ether oxygens (including phenoxy) is 1. The molecule has 0 fully saturated rings. The maximum atomic E-state index is 12.9. The Morgan fingerprint density at radius 1 is 0.844 bits per heavy atom. The molecule has 3 atom stereocenters. The van der Waals surface area contributed by atoms with Crippen molar-refractivity contribution in [3.05, 3.63) is 0 Å². The zero-order chi connectivity index (χ0) is 25.2. The summed E-state index contributed by atoms with van der Waals surface area (Å²) in [6.07, 6.45) is -0.719. The number of likely N-dealkylation sites (N-methyl/N-ethyl adjacent to an activating group) is 1. The first kappa shape index (κ1) is 29.7. The molecule has 0 heterocycles. The Balaban J connectivity index is 5.35. The summed E-state index contributed by atoms with van der Waals surface area (Å²) in [7, 11) is 1.48. The summed E-state index contributed by atoms with van der Waals surface area (Å²) in [5.41, 5.74) is -0.714. The summed E-state index contributed by atoms with van der Waals surface area (Å²) < 4.78 is 5.15. The average Bonchev–Trinajstić information content (AvgIpc) is 2.64. The quantitative estimate of drug-likeness (QED) is 0.372. The fraction of sp³-hybridized carbons (Fsp3) is 0.762. The molecule has 4 amide bonds. The van der Waals surface area contributed by atoms with Crippen LogP contribution in [0.2, 0.25) is 0 Å². The van der Waals surface area contributed by atoms with Gasteiger partial charge in [0.15, 0.2) is 5.12 Å². The second-order valence-corrected chi connectivity index (χ2v) is 10.4. The van der Waals surface area contributed by atoms with Gasteiger partial charge in [0.1, 0.15) is 22.9 Å². The minimum atomic E-state index is -0.964. The van der Waals surface area contributed by atoms with Crippen molar-refractivity contribution in [2.45, 2.75) is 78.3 Å².